The van der Waals surface area contributed by atoms with Gasteiger partial charge in [0.15, 0.2) is 0 Å². The van der Waals surface area contributed by atoms with Crippen molar-refractivity contribution in [1.82, 2.24) is 5.32 Å². The Balaban J connectivity index is 2.03. The van der Waals surface area contributed by atoms with Crippen LogP contribution < -0.4 is 10.6 Å². The molecule has 1 unspecified atom stereocenters. The van der Waals surface area contributed by atoms with Crippen LogP contribution in [0.4, 0.5) is 5.00 Å². The highest BCUT2D eigenvalue weighted by Gasteiger charge is 2.21. The number of amides is 1. The number of carbonyl (C=O) groups is 2. The van der Waals surface area contributed by atoms with E-state index in [-0.39, 0.29) is 18.5 Å². The number of carbonyl (C=O) groups excluding carboxylic acids is 2. The smallest absolute Gasteiger partial charge is 0.341 e. The molecular formula is C18H21ClN2O3S. The van der Waals surface area contributed by atoms with Gasteiger partial charge in [0.1, 0.15) is 5.00 Å². The molecule has 0 fully saturated rings. The number of aryl methyl sites for hydroxylation is 1. The number of methoxy groups -OCH3 is 1. The highest BCUT2D eigenvalue weighted by Crippen LogP contribution is 2.32. The third-order valence-electron chi connectivity index (χ3n) is 3.97. The summed E-state index contributed by atoms with van der Waals surface area (Å²) >= 11 is 7.53. The molecule has 1 aromatic heterocycles. The van der Waals surface area contributed by atoms with E-state index in [9.17, 15) is 9.59 Å². The monoisotopic (exact) mass is 380 g/mol. The zero-order valence-corrected chi connectivity index (χ0v) is 16.2. The third kappa shape index (κ3) is 4.60. The molecule has 0 saturated heterocycles. The summed E-state index contributed by atoms with van der Waals surface area (Å²) < 4.78 is 4.81. The molecule has 2 rings (SSSR count). The van der Waals surface area contributed by atoms with Crippen LogP contribution >= 0.6 is 22.9 Å². The van der Waals surface area contributed by atoms with Gasteiger partial charge in [-0.15, -0.1) is 11.3 Å². The van der Waals surface area contributed by atoms with Gasteiger partial charge in [-0.3, -0.25) is 4.79 Å². The van der Waals surface area contributed by atoms with Gasteiger partial charge < -0.3 is 15.4 Å². The molecule has 5 nitrogen and oxygen atoms in total. The SMILES string of the molecule is COC(=O)c1c(NC(=O)CNC(C)c2ccccc2Cl)sc(C)c1C. The van der Waals surface area contributed by atoms with Crippen LogP contribution in [0.1, 0.15) is 39.3 Å². The van der Waals surface area contributed by atoms with Crippen molar-refractivity contribution in [3.8, 4) is 0 Å². The summed E-state index contributed by atoms with van der Waals surface area (Å²) in [5, 5.41) is 7.09. The summed E-state index contributed by atoms with van der Waals surface area (Å²) in [7, 11) is 1.33. The molecule has 0 aliphatic carbocycles. The zero-order chi connectivity index (χ0) is 18.6. The standard InChI is InChI=1S/C18H21ClN2O3S/c1-10-12(3)25-17(16(10)18(23)24-4)21-15(22)9-20-11(2)13-7-5-6-8-14(13)19/h5-8,11,20H,9H2,1-4H3,(H,21,22). The number of esters is 1. The fourth-order valence-electron chi connectivity index (χ4n) is 2.42. The van der Waals surface area contributed by atoms with Gasteiger partial charge in [-0.25, -0.2) is 4.79 Å². The summed E-state index contributed by atoms with van der Waals surface area (Å²) in [5.74, 6) is -0.681. The molecule has 2 N–H and O–H groups in total. The maximum atomic E-state index is 12.3. The van der Waals surface area contributed by atoms with Crippen LogP contribution in [0, 0.1) is 13.8 Å². The van der Waals surface area contributed by atoms with Crippen LogP contribution in [0.5, 0.6) is 0 Å². The molecule has 1 aromatic carbocycles. The highest BCUT2D eigenvalue weighted by molar-refractivity contribution is 7.16. The van der Waals surface area contributed by atoms with E-state index < -0.39 is 5.97 Å². The van der Waals surface area contributed by atoms with Gasteiger partial charge in [-0.1, -0.05) is 29.8 Å². The molecule has 0 bridgehead atoms. The largest absolute Gasteiger partial charge is 0.465 e. The fourth-order valence-corrected chi connectivity index (χ4v) is 3.78. The molecular weight excluding hydrogens is 360 g/mol. The first-order valence-corrected chi connectivity index (χ1v) is 9.00. The molecule has 0 aliphatic rings. The third-order valence-corrected chi connectivity index (χ3v) is 5.44. The van der Waals surface area contributed by atoms with Crippen molar-refractivity contribution in [2.45, 2.75) is 26.8 Å². The minimum atomic E-state index is -0.449. The Hall–Kier alpha value is -1.89. The van der Waals surface area contributed by atoms with Crippen molar-refractivity contribution in [2.75, 3.05) is 19.0 Å². The van der Waals surface area contributed by atoms with Crippen LogP contribution in [0.15, 0.2) is 24.3 Å². The normalized spacial score (nSPS) is 11.9. The van der Waals surface area contributed by atoms with Gasteiger partial charge in [0.25, 0.3) is 0 Å². The maximum absolute atomic E-state index is 12.3. The van der Waals surface area contributed by atoms with E-state index in [0.29, 0.717) is 15.6 Å². The number of thiophene rings is 1. The van der Waals surface area contributed by atoms with E-state index in [0.717, 1.165) is 16.0 Å². The number of ether oxygens (including phenoxy) is 1. The van der Waals surface area contributed by atoms with Gasteiger partial charge in [-0.05, 0) is 38.0 Å². The van der Waals surface area contributed by atoms with Crippen LogP contribution in [-0.2, 0) is 9.53 Å². The summed E-state index contributed by atoms with van der Waals surface area (Å²) in [5.41, 5.74) is 2.16. The van der Waals surface area contributed by atoms with Crippen LogP contribution in [0.3, 0.4) is 0 Å². The summed E-state index contributed by atoms with van der Waals surface area (Å²) in [6.45, 7) is 5.78. The fraction of sp³-hybridized carbons (Fsp3) is 0.333. The number of nitrogens with one attached hydrogen (secondary N) is 2. The molecule has 0 radical (unpaired) electrons. The Morgan fingerprint density at radius 1 is 1.28 bits per heavy atom. The molecule has 1 amide bonds. The second-order valence-corrected chi connectivity index (χ2v) is 7.28. The van der Waals surface area contributed by atoms with Crippen molar-refractivity contribution in [3.63, 3.8) is 0 Å². The summed E-state index contributed by atoms with van der Waals surface area (Å²) in [6.07, 6.45) is 0. The van der Waals surface area contributed by atoms with E-state index in [1.165, 1.54) is 18.4 Å². The van der Waals surface area contributed by atoms with E-state index in [4.69, 9.17) is 16.3 Å². The average molecular weight is 381 g/mol. The Bertz CT molecular complexity index is 789. The van der Waals surface area contributed by atoms with Gasteiger partial charge in [0.2, 0.25) is 5.91 Å². The lowest BCUT2D eigenvalue weighted by Gasteiger charge is -2.15. The van der Waals surface area contributed by atoms with E-state index >= 15 is 0 Å². The second-order valence-electron chi connectivity index (χ2n) is 5.65. The molecule has 0 spiro atoms. The van der Waals surface area contributed by atoms with Crippen molar-refractivity contribution in [2.24, 2.45) is 0 Å². The Morgan fingerprint density at radius 2 is 1.96 bits per heavy atom. The lowest BCUT2D eigenvalue weighted by molar-refractivity contribution is -0.115. The van der Waals surface area contributed by atoms with Crippen LogP contribution in [-0.4, -0.2) is 25.5 Å². The minimum Gasteiger partial charge on any atom is -0.465 e. The maximum Gasteiger partial charge on any atom is 0.341 e. The molecule has 1 atom stereocenters. The van der Waals surface area contributed by atoms with Crippen molar-refractivity contribution < 1.29 is 14.3 Å². The van der Waals surface area contributed by atoms with Gasteiger partial charge >= 0.3 is 5.97 Å². The lowest BCUT2D eigenvalue weighted by atomic mass is 10.1. The molecule has 1 heterocycles. The van der Waals surface area contributed by atoms with E-state index in [1.54, 1.807) is 0 Å². The number of anilines is 1. The van der Waals surface area contributed by atoms with Crippen LogP contribution in [0.25, 0.3) is 0 Å². The first-order chi connectivity index (χ1) is 11.8. The van der Waals surface area contributed by atoms with Gasteiger partial charge in [0, 0.05) is 15.9 Å². The number of halogens is 1. The summed E-state index contributed by atoms with van der Waals surface area (Å²) in [6, 6.07) is 7.42. The number of rotatable bonds is 6. The predicted molar refractivity (Wildman–Crippen MR) is 102 cm³/mol. The molecule has 25 heavy (non-hydrogen) atoms. The quantitative estimate of drug-likeness (QED) is 0.740. The first-order valence-electron chi connectivity index (χ1n) is 7.81. The van der Waals surface area contributed by atoms with E-state index in [1.807, 2.05) is 45.0 Å². The number of hydrogen-bond donors (Lipinski definition) is 2. The molecule has 7 heteroatoms. The van der Waals surface area contributed by atoms with Gasteiger partial charge in [0.05, 0.1) is 19.2 Å². The molecule has 2 aromatic rings. The Labute approximate surface area is 156 Å². The number of hydrogen-bond acceptors (Lipinski definition) is 5. The topological polar surface area (TPSA) is 67.4 Å². The first kappa shape index (κ1) is 19.4. The molecule has 0 aliphatic heterocycles. The lowest BCUT2D eigenvalue weighted by Crippen LogP contribution is -2.30. The van der Waals surface area contributed by atoms with Crippen molar-refractivity contribution in [3.05, 3.63) is 50.9 Å². The predicted octanol–water partition coefficient (Wildman–Crippen LogP) is 4.09. The Kier molecular flexibility index (Phi) is 6.58. The average Bonchev–Trinajstić information content (AvgIpc) is 2.86. The molecule has 134 valence electrons. The van der Waals surface area contributed by atoms with Crippen molar-refractivity contribution in [1.29, 1.82) is 0 Å². The molecule has 0 saturated carbocycles. The minimum absolute atomic E-state index is 0.0775. The van der Waals surface area contributed by atoms with Crippen LogP contribution in [0.2, 0.25) is 5.02 Å². The van der Waals surface area contributed by atoms with E-state index in [2.05, 4.69) is 10.6 Å². The Morgan fingerprint density at radius 3 is 2.60 bits per heavy atom. The van der Waals surface area contributed by atoms with Crippen molar-refractivity contribution >= 4 is 39.8 Å². The zero-order valence-electron chi connectivity index (χ0n) is 14.6. The summed E-state index contributed by atoms with van der Waals surface area (Å²) in [4.78, 5) is 25.2. The number of benzene rings is 1. The highest BCUT2D eigenvalue weighted by atomic mass is 35.5. The van der Waals surface area contributed by atoms with Gasteiger partial charge in [-0.2, -0.15) is 0 Å². The second kappa shape index (κ2) is 8.47.